The molecule has 0 saturated carbocycles. The maximum atomic E-state index is 11.5. The van der Waals surface area contributed by atoms with Crippen molar-refractivity contribution in [3.63, 3.8) is 0 Å². The molecule has 1 heterocycles. The third-order valence-electron chi connectivity index (χ3n) is 4.52. The van der Waals surface area contributed by atoms with Crippen molar-refractivity contribution < 1.29 is 14.6 Å². The van der Waals surface area contributed by atoms with Crippen LogP contribution in [0.2, 0.25) is 5.02 Å². The lowest BCUT2D eigenvalue weighted by atomic mass is 9.84. The van der Waals surface area contributed by atoms with Crippen molar-refractivity contribution in [3.05, 3.63) is 59.1 Å². The van der Waals surface area contributed by atoms with E-state index in [1.165, 1.54) is 4.80 Å². The number of ether oxygens (including phenoxy) is 1. The number of phenols is 1. The number of hydrogen-bond donors (Lipinski definition) is 1. The Morgan fingerprint density at radius 3 is 2.62 bits per heavy atom. The molecule has 3 aromatic rings. The van der Waals surface area contributed by atoms with Gasteiger partial charge in [-0.1, -0.05) is 45.0 Å². The summed E-state index contributed by atoms with van der Waals surface area (Å²) in [7, 11) is 0. The van der Waals surface area contributed by atoms with E-state index < -0.39 is 5.97 Å². The van der Waals surface area contributed by atoms with Crippen LogP contribution in [0.25, 0.3) is 16.7 Å². The topological polar surface area (TPSA) is 77.2 Å². The minimum atomic E-state index is -0.468. The first kappa shape index (κ1) is 20.9. The summed E-state index contributed by atoms with van der Waals surface area (Å²) in [6.45, 7) is 11.3. The Balaban J connectivity index is 2.09. The summed E-state index contributed by atoms with van der Waals surface area (Å²) < 4.78 is 5.29. The predicted molar refractivity (Wildman–Crippen MR) is 114 cm³/mol. The molecule has 3 rings (SSSR count). The lowest BCUT2D eigenvalue weighted by Gasteiger charge is -2.23. The summed E-state index contributed by atoms with van der Waals surface area (Å²) in [5, 5.41) is 20.5. The molecule has 0 fully saturated rings. The quantitative estimate of drug-likeness (QED) is 0.483. The highest BCUT2D eigenvalue weighted by molar-refractivity contribution is 6.31. The minimum absolute atomic E-state index is 0.114. The van der Waals surface area contributed by atoms with Crippen LogP contribution < -0.4 is 0 Å². The molecule has 1 atom stereocenters. The van der Waals surface area contributed by atoms with E-state index in [2.05, 4.69) is 16.8 Å². The third kappa shape index (κ3) is 4.59. The lowest BCUT2D eigenvalue weighted by molar-refractivity contribution is -0.142. The van der Waals surface area contributed by atoms with E-state index in [0.29, 0.717) is 28.2 Å². The van der Waals surface area contributed by atoms with Crippen molar-refractivity contribution in [2.24, 2.45) is 0 Å². The molecule has 0 aliphatic rings. The summed E-state index contributed by atoms with van der Waals surface area (Å²) in [5.74, 6) is -0.354. The smallest absolute Gasteiger partial charge is 0.330 e. The van der Waals surface area contributed by atoms with Crippen molar-refractivity contribution >= 4 is 28.6 Å². The largest absolute Gasteiger partial charge is 0.505 e. The average molecular weight is 414 g/mol. The highest BCUT2D eigenvalue weighted by atomic mass is 35.5. The van der Waals surface area contributed by atoms with Gasteiger partial charge in [-0.25, -0.2) is 4.79 Å². The SMILES string of the molecule is C=CC(=O)OC(C)Cc1cc(-n2nc3ccc(Cl)cc3n2)c(O)c(C(C)(C)C)c1. The van der Waals surface area contributed by atoms with Gasteiger partial charge >= 0.3 is 5.97 Å². The van der Waals surface area contributed by atoms with Gasteiger partial charge in [0, 0.05) is 23.1 Å². The molecule has 0 spiro atoms. The van der Waals surface area contributed by atoms with Crippen molar-refractivity contribution in [2.45, 2.75) is 45.6 Å². The van der Waals surface area contributed by atoms with Crippen LogP contribution >= 0.6 is 11.6 Å². The number of fused-ring (bicyclic) bond motifs is 1. The molecule has 1 unspecified atom stereocenters. The molecular formula is C22H24ClN3O3. The van der Waals surface area contributed by atoms with Crippen LogP contribution in [-0.2, 0) is 21.4 Å². The predicted octanol–water partition coefficient (Wildman–Crippen LogP) is 4.74. The first-order valence-corrected chi connectivity index (χ1v) is 9.68. The molecule has 0 aliphatic carbocycles. The number of hydrogen-bond acceptors (Lipinski definition) is 5. The number of esters is 1. The summed E-state index contributed by atoms with van der Waals surface area (Å²) in [6.07, 6.45) is 1.26. The molecule has 0 radical (unpaired) electrons. The van der Waals surface area contributed by atoms with Gasteiger partial charge in [0.05, 0.1) is 0 Å². The number of carbonyl (C=O) groups is 1. The summed E-state index contributed by atoms with van der Waals surface area (Å²) in [6, 6.07) is 8.99. The normalized spacial score (nSPS) is 12.7. The standard InChI is InChI=1S/C22H24ClN3O3/c1-6-20(27)29-13(2)9-14-10-16(22(3,4)5)21(28)19(11-14)26-24-17-8-7-15(23)12-18(17)25-26/h6-8,10-13,28H,1,9H2,2-5H3. The molecule has 7 heteroatoms. The van der Waals surface area contributed by atoms with Crippen LogP contribution in [0.3, 0.4) is 0 Å². The molecule has 152 valence electrons. The van der Waals surface area contributed by atoms with Crippen molar-refractivity contribution in [3.8, 4) is 11.4 Å². The second-order valence-electron chi connectivity index (χ2n) is 8.04. The lowest BCUT2D eigenvalue weighted by Crippen LogP contribution is -2.18. The first-order chi connectivity index (χ1) is 13.6. The van der Waals surface area contributed by atoms with Gasteiger partial charge in [0.1, 0.15) is 28.6 Å². The molecule has 29 heavy (non-hydrogen) atoms. The van der Waals surface area contributed by atoms with Gasteiger partial charge in [-0.3, -0.25) is 0 Å². The molecule has 0 bridgehead atoms. The van der Waals surface area contributed by atoms with E-state index in [4.69, 9.17) is 16.3 Å². The zero-order valence-corrected chi connectivity index (χ0v) is 17.7. The van der Waals surface area contributed by atoms with Gasteiger partial charge in [-0.15, -0.1) is 15.0 Å². The summed E-state index contributed by atoms with van der Waals surface area (Å²) >= 11 is 6.05. The van der Waals surface area contributed by atoms with Crippen LogP contribution in [0.1, 0.15) is 38.8 Å². The monoisotopic (exact) mass is 413 g/mol. The maximum absolute atomic E-state index is 11.5. The van der Waals surface area contributed by atoms with Crippen molar-refractivity contribution in [1.82, 2.24) is 15.0 Å². The number of nitrogens with zero attached hydrogens (tertiary/aromatic N) is 3. The number of aromatic hydroxyl groups is 1. The van der Waals surface area contributed by atoms with Crippen molar-refractivity contribution in [1.29, 1.82) is 0 Å². The molecule has 6 nitrogen and oxygen atoms in total. The van der Waals surface area contributed by atoms with Crippen LogP contribution in [0.4, 0.5) is 0 Å². The number of halogens is 1. The molecule has 0 aliphatic heterocycles. The van der Waals surface area contributed by atoms with Gasteiger partial charge in [-0.05, 0) is 42.2 Å². The van der Waals surface area contributed by atoms with Crippen LogP contribution in [-0.4, -0.2) is 32.2 Å². The Hall–Kier alpha value is -2.86. The van der Waals surface area contributed by atoms with Gasteiger partial charge < -0.3 is 9.84 Å². The zero-order chi connectivity index (χ0) is 21.3. The number of aromatic nitrogens is 3. The Morgan fingerprint density at radius 1 is 1.28 bits per heavy atom. The fourth-order valence-electron chi connectivity index (χ4n) is 3.13. The van der Waals surface area contributed by atoms with E-state index in [0.717, 1.165) is 17.2 Å². The Kier molecular flexibility index (Phi) is 5.66. The second-order valence-corrected chi connectivity index (χ2v) is 8.48. The number of rotatable bonds is 5. The number of carbonyl (C=O) groups excluding carboxylic acids is 1. The van der Waals surface area contributed by atoms with Crippen molar-refractivity contribution in [2.75, 3.05) is 0 Å². The first-order valence-electron chi connectivity index (χ1n) is 9.31. The van der Waals surface area contributed by atoms with Gasteiger partial charge in [0.25, 0.3) is 0 Å². The van der Waals surface area contributed by atoms with E-state index in [9.17, 15) is 9.90 Å². The maximum Gasteiger partial charge on any atom is 0.330 e. The second kappa shape index (κ2) is 7.87. The molecular weight excluding hydrogens is 390 g/mol. The van der Waals surface area contributed by atoms with Crippen LogP contribution in [0.5, 0.6) is 5.75 Å². The highest BCUT2D eigenvalue weighted by Crippen LogP contribution is 2.36. The van der Waals surface area contributed by atoms with E-state index in [1.807, 2.05) is 39.8 Å². The molecule has 0 amide bonds. The molecule has 1 N–H and O–H groups in total. The Bertz CT molecular complexity index is 1080. The van der Waals surface area contributed by atoms with Gasteiger partial charge in [0.15, 0.2) is 0 Å². The van der Waals surface area contributed by atoms with Gasteiger partial charge in [-0.2, -0.15) is 0 Å². The summed E-state index contributed by atoms with van der Waals surface area (Å²) in [4.78, 5) is 12.9. The highest BCUT2D eigenvalue weighted by Gasteiger charge is 2.24. The van der Waals surface area contributed by atoms with Crippen LogP contribution in [0, 0.1) is 0 Å². The third-order valence-corrected chi connectivity index (χ3v) is 4.76. The Labute approximate surface area is 174 Å². The molecule has 1 aromatic heterocycles. The number of phenolic OH excluding ortho intramolecular Hbond substituents is 1. The van der Waals surface area contributed by atoms with E-state index in [1.54, 1.807) is 18.2 Å². The molecule has 2 aromatic carbocycles. The van der Waals surface area contributed by atoms with Crippen LogP contribution in [0.15, 0.2) is 43.0 Å². The fraction of sp³-hybridized carbons (Fsp3) is 0.318. The summed E-state index contributed by atoms with van der Waals surface area (Å²) in [5.41, 5.74) is 3.10. The zero-order valence-electron chi connectivity index (χ0n) is 16.9. The molecule has 0 saturated heterocycles. The van der Waals surface area contributed by atoms with Gasteiger partial charge in [0.2, 0.25) is 0 Å². The average Bonchev–Trinajstić information content (AvgIpc) is 3.04. The number of benzene rings is 2. The Morgan fingerprint density at radius 2 is 1.97 bits per heavy atom. The van der Waals surface area contributed by atoms with E-state index in [-0.39, 0.29) is 17.3 Å². The van der Waals surface area contributed by atoms with E-state index >= 15 is 0 Å². The minimum Gasteiger partial charge on any atom is -0.505 e. The fourth-order valence-corrected chi connectivity index (χ4v) is 3.30.